The molecule has 2 aromatic carbocycles. The maximum absolute atomic E-state index is 12.2. The molecule has 0 heterocycles. The summed E-state index contributed by atoms with van der Waals surface area (Å²) in [5.74, 6) is 0.367. The van der Waals surface area contributed by atoms with E-state index in [9.17, 15) is 9.59 Å². The third kappa shape index (κ3) is 4.00. The Hall–Kier alpha value is -3.02. The van der Waals surface area contributed by atoms with Gasteiger partial charge in [-0.15, -0.1) is 0 Å². The van der Waals surface area contributed by atoms with Gasteiger partial charge < -0.3 is 10.1 Å². The molecule has 0 fully saturated rings. The zero-order chi connectivity index (χ0) is 16.8. The number of nitrogens with one attached hydrogen (secondary N) is 1. The van der Waals surface area contributed by atoms with E-state index in [-0.39, 0.29) is 6.03 Å². The van der Waals surface area contributed by atoms with E-state index in [2.05, 4.69) is 5.32 Å². The Labute approximate surface area is 135 Å². The number of benzene rings is 2. The molecule has 0 aliphatic heterocycles. The highest BCUT2D eigenvalue weighted by Gasteiger charge is 2.14. The summed E-state index contributed by atoms with van der Waals surface area (Å²) in [6.45, 7) is 0. The Bertz CT molecular complexity index is 688. The summed E-state index contributed by atoms with van der Waals surface area (Å²) in [6, 6.07) is 15.7. The van der Waals surface area contributed by atoms with Crippen LogP contribution < -0.4 is 19.9 Å². The van der Waals surface area contributed by atoms with Crippen molar-refractivity contribution in [2.24, 2.45) is 0 Å². The van der Waals surface area contributed by atoms with E-state index < -0.39 is 6.09 Å². The van der Waals surface area contributed by atoms with E-state index in [1.165, 1.54) is 9.80 Å². The number of urea groups is 1. The zero-order valence-corrected chi connectivity index (χ0v) is 13.3. The number of hydrogen-bond acceptors (Lipinski definition) is 3. The first-order valence-corrected chi connectivity index (χ1v) is 7.09. The van der Waals surface area contributed by atoms with E-state index in [0.29, 0.717) is 11.4 Å². The van der Waals surface area contributed by atoms with Gasteiger partial charge in [-0.25, -0.2) is 9.59 Å². The number of rotatable bonds is 3. The number of ether oxygens (including phenoxy) is 1. The molecule has 23 heavy (non-hydrogen) atoms. The van der Waals surface area contributed by atoms with Gasteiger partial charge in [0.1, 0.15) is 5.75 Å². The van der Waals surface area contributed by atoms with Crippen molar-refractivity contribution in [1.29, 1.82) is 0 Å². The van der Waals surface area contributed by atoms with Crippen molar-refractivity contribution in [3.05, 3.63) is 54.6 Å². The smallest absolute Gasteiger partial charge is 0.410 e. The van der Waals surface area contributed by atoms with Gasteiger partial charge in [-0.1, -0.05) is 24.3 Å². The van der Waals surface area contributed by atoms with Crippen molar-refractivity contribution in [1.82, 2.24) is 5.32 Å². The van der Waals surface area contributed by atoms with E-state index in [0.717, 1.165) is 5.69 Å². The van der Waals surface area contributed by atoms with Crippen LogP contribution in [0.3, 0.4) is 0 Å². The van der Waals surface area contributed by atoms with Gasteiger partial charge in [-0.05, 0) is 24.3 Å². The van der Waals surface area contributed by atoms with Gasteiger partial charge >= 0.3 is 12.1 Å². The normalized spacial score (nSPS) is 9.87. The lowest BCUT2D eigenvalue weighted by Gasteiger charge is -2.19. The number of nitrogens with zero attached hydrogens (tertiary/aromatic N) is 2. The maximum atomic E-state index is 12.2. The summed E-state index contributed by atoms with van der Waals surface area (Å²) in [5, 5.41) is 2.53. The molecule has 6 heteroatoms. The predicted octanol–water partition coefficient (Wildman–Crippen LogP) is 3.10. The SMILES string of the molecule is CNC(=O)N(C)c1cccc(OC(=O)N(C)c2ccccc2)c1. The lowest BCUT2D eigenvalue weighted by atomic mass is 10.3. The van der Waals surface area contributed by atoms with Gasteiger partial charge in [0.15, 0.2) is 0 Å². The fraction of sp³-hybridized carbons (Fsp3) is 0.176. The molecule has 0 aliphatic carbocycles. The summed E-state index contributed by atoms with van der Waals surface area (Å²) in [7, 11) is 4.82. The van der Waals surface area contributed by atoms with E-state index in [1.807, 2.05) is 30.3 Å². The molecule has 0 saturated heterocycles. The molecule has 0 radical (unpaired) electrons. The fourth-order valence-corrected chi connectivity index (χ4v) is 1.97. The molecule has 0 aliphatic rings. The average Bonchev–Trinajstić information content (AvgIpc) is 2.60. The second-order valence-electron chi connectivity index (χ2n) is 4.87. The Kier molecular flexibility index (Phi) is 5.19. The summed E-state index contributed by atoms with van der Waals surface area (Å²) in [4.78, 5) is 26.7. The number of carbonyl (C=O) groups excluding carboxylic acids is 2. The molecule has 3 amide bonds. The van der Waals surface area contributed by atoms with Crippen LogP contribution in [0.4, 0.5) is 21.0 Å². The lowest BCUT2D eigenvalue weighted by molar-refractivity contribution is 0.209. The molecule has 1 N–H and O–H groups in total. The summed E-state index contributed by atoms with van der Waals surface area (Å²) >= 11 is 0. The van der Waals surface area contributed by atoms with E-state index in [4.69, 9.17) is 4.74 Å². The first-order chi connectivity index (χ1) is 11.0. The van der Waals surface area contributed by atoms with Crippen molar-refractivity contribution >= 4 is 23.5 Å². The predicted molar refractivity (Wildman–Crippen MR) is 90.2 cm³/mol. The molecule has 0 unspecified atom stereocenters. The van der Waals surface area contributed by atoms with Crippen LogP contribution in [0.2, 0.25) is 0 Å². The molecular formula is C17H19N3O3. The molecule has 2 rings (SSSR count). The standard InChI is InChI=1S/C17H19N3O3/c1-18-16(21)19(2)14-10-7-11-15(12-14)23-17(22)20(3)13-8-5-4-6-9-13/h4-12H,1-3H3,(H,18,21). The third-order valence-corrected chi connectivity index (χ3v) is 3.35. The Morgan fingerprint density at radius 3 is 2.22 bits per heavy atom. The Morgan fingerprint density at radius 2 is 1.57 bits per heavy atom. The van der Waals surface area contributed by atoms with Crippen molar-refractivity contribution < 1.29 is 14.3 Å². The Morgan fingerprint density at radius 1 is 0.913 bits per heavy atom. The number of carbonyl (C=O) groups is 2. The topological polar surface area (TPSA) is 61.9 Å². The first kappa shape index (κ1) is 16.4. The van der Waals surface area contributed by atoms with Crippen molar-refractivity contribution in [2.45, 2.75) is 0 Å². The Balaban J connectivity index is 2.11. The minimum Gasteiger partial charge on any atom is -0.410 e. The van der Waals surface area contributed by atoms with Gasteiger partial charge in [0.05, 0.1) is 0 Å². The fourth-order valence-electron chi connectivity index (χ4n) is 1.97. The lowest BCUT2D eigenvalue weighted by Crippen LogP contribution is -2.34. The second-order valence-corrected chi connectivity index (χ2v) is 4.87. The van der Waals surface area contributed by atoms with E-state index >= 15 is 0 Å². The van der Waals surface area contributed by atoms with Gasteiger partial charge in [-0.2, -0.15) is 0 Å². The quantitative estimate of drug-likeness (QED) is 0.947. The van der Waals surface area contributed by atoms with Crippen LogP contribution in [0.1, 0.15) is 0 Å². The highest BCUT2D eigenvalue weighted by atomic mass is 16.6. The van der Waals surface area contributed by atoms with Crippen molar-refractivity contribution in [3.63, 3.8) is 0 Å². The maximum Gasteiger partial charge on any atom is 0.419 e. The molecule has 0 saturated carbocycles. The minimum atomic E-state index is -0.504. The zero-order valence-electron chi connectivity index (χ0n) is 13.3. The van der Waals surface area contributed by atoms with Crippen molar-refractivity contribution in [2.75, 3.05) is 30.9 Å². The molecule has 0 bridgehead atoms. The first-order valence-electron chi connectivity index (χ1n) is 7.09. The van der Waals surface area contributed by atoms with Crippen LogP contribution in [0.15, 0.2) is 54.6 Å². The highest BCUT2D eigenvalue weighted by Crippen LogP contribution is 2.22. The number of para-hydroxylation sites is 1. The molecule has 2 aromatic rings. The summed E-state index contributed by atoms with van der Waals surface area (Å²) in [5.41, 5.74) is 1.35. The molecule has 0 spiro atoms. The number of hydrogen-bond donors (Lipinski definition) is 1. The molecule has 6 nitrogen and oxygen atoms in total. The number of anilines is 2. The van der Waals surface area contributed by atoms with Crippen LogP contribution >= 0.6 is 0 Å². The summed E-state index contributed by atoms with van der Waals surface area (Å²) < 4.78 is 5.36. The van der Waals surface area contributed by atoms with Crippen molar-refractivity contribution in [3.8, 4) is 5.75 Å². The third-order valence-electron chi connectivity index (χ3n) is 3.35. The van der Waals surface area contributed by atoms with Crippen LogP contribution in [-0.4, -0.2) is 33.3 Å². The van der Waals surface area contributed by atoms with Gasteiger partial charge in [0.25, 0.3) is 0 Å². The second kappa shape index (κ2) is 7.31. The van der Waals surface area contributed by atoms with Crippen LogP contribution in [0.25, 0.3) is 0 Å². The van der Waals surface area contributed by atoms with Gasteiger partial charge in [0, 0.05) is 38.6 Å². The molecule has 120 valence electrons. The van der Waals surface area contributed by atoms with Crippen LogP contribution in [-0.2, 0) is 0 Å². The van der Waals surface area contributed by atoms with E-state index in [1.54, 1.807) is 45.4 Å². The largest absolute Gasteiger partial charge is 0.419 e. The average molecular weight is 313 g/mol. The molecule has 0 aromatic heterocycles. The molecule has 0 atom stereocenters. The van der Waals surface area contributed by atoms with Crippen LogP contribution in [0.5, 0.6) is 5.75 Å². The summed E-state index contributed by atoms with van der Waals surface area (Å²) in [6.07, 6.45) is -0.504. The minimum absolute atomic E-state index is 0.255. The van der Waals surface area contributed by atoms with Gasteiger partial charge in [0.2, 0.25) is 0 Å². The monoisotopic (exact) mass is 313 g/mol. The highest BCUT2D eigenvalue weighted by molar-refractivity contribution is 5.92. The van der Waals surface area contributed by atoms with Gasteiger partial charge in [-0.3, -0.25) is 9.80 Å². The molecular weight excluding hydrogens is 294 g/mol. The van der Waals surface area contributed by atoms with Crippen LogP contribution in [0, 0.1) is 0 Å². The number of amides is 3.